The molecule has 0 radical (unpaired) electrons. The molecule has 2 rings (SSSR count). The molecule has 4 heteroatoms. The fraction of sp³-hybridized carbons (Fsp3) is 0.625. The van der Waals surface area contributed by atoms with Gasteiger partial charge in [0, 0.05) is 18.7 Å². The molecule has 1 saturated carbocycles. The second-order valence-corrected chi connectivity index (χ2v) is 5.65. The van der Waals surface area contributed by atoms with E-state index in [1.165, 1.54) is 19.3 Å². The first-order valence-electron chi connectivity index (χ1n) is 7.26. The Labute approximate surface area is 121 Å². The predicted octanol–water partition coefficient (Wildman–Crippen LogP) is 2.52. The quantitative estimate of drug-likeness (QED) is 0.768. The molecule has 1 aliphatic carbocycles. The van der Waals surface area contributed by atoms with Crippen molar-refractivity contribution in [3.05, 3.63) is 23.8 Å². The summed E-state index contributed by atoms with van der Waals surface area (Å²) >= 11 is 0. The number of nitrogens with one attached hydrogen (secondary N) is 1. The number of benzene rings is 1. The average Bonchev–Trinajstić information content (AvgIpc) is 3.27. The molecule has 2 N–H and O–H groups in total. The number of ether oxygens (including phenoxy) is 2. The van der Waals surface area contributed by atoms with Crippen LogP contribution in [-0.2, 0) is 0 Å². The van der Waals surface area contributed by atoms with E-state index in [1.807, 2.05) is 12.1 Å². The van der Waals surface area contributed by atoms with Crippen LogP contribution in [0.5, 0.6) is 11.5 Å². The second kappa shape index (κ2) is 6.95. The Morgan fingerprint density at radius 2 is 1.80 bits per heavy atom. The first-order chi connectivity index (χ1) is 9.62. The summed E-state index contributed by atoms with van der Waals surface area (Å²) in [6.45, 7) is 2.72. The van der Waals surface area contributed by atoms with Gasteiger partial charge in [-0.05, 0) is 37.0 Å². The molecule has 2 atom stereocenters. The SMILES string of the molecule is COc1cc(OC)cc(C(O)CNC(C)CC2CC2)c1. The third kappa shape index (κ3) is 4.39. The minimum Gasteiger partial charge on any atom is -0.497 e. The standard InChI is InChI=1S/C16H25NO3/c1-11(6-12-4-5-12)17-10-16(18)13-7-14(19-2)9-15(8-13)20-3/h7-9,11-12,16-18H,4-6,10H2,1-3H3. The second-order valence-electron chi connectivity index (χ2n) is 5.65. The van der Waals surface area contributed by atoms with Crippen molar-refractivity contribution in [2.45, 2.75) is 38.3 Å². The van der Waals surface area contributed by atoms with Crippen LogP contribution in [0.15, 0.2) is 18.2 Å². The summed E-state index contributed by atoms with van der Waals surface area (Å²) < 4.78 is 10.4. The van der Waals surface area contributed by atoms with Crippen LogP contribution in [0.3, 0.4) is 0 Å². The van der Waals surface area contributed by atoms with Gasteiger partial charge in [-0.25, -0.2) is 0 Å². The van der Waals surface area contributed by atoms with E-state index in [0.29, 0.717) is 24.1 Å². The third-order valence-corrected chi connectivity index (χ3v) is 3.80. The van der Waals surface area contributed by atoms with E-state index in [2.05, 4.69) is 12.2 Å². The number of hydrogen-bond donors (Lipinski definition) is 2. The Hall–Kier alpha value is -1.26. The van der Waals surface area contributed by atoms with Gasteiger partial charge < -0.3 is 19.9 Å². The lowest BCUT2D eigenvalue weighted by molar-refractivity contribution is 0.169. The topological polar surface area (TPSA) is 50.7 Å². The highest BCUT2D eigenvalue weighted by atomic mass is 16.5. The number of hydrogen-bond acceptors (Lipinski definition) is 4. The molecule has 2 unspecified atom stereocenters. The van der Waals surface area contributed by atoms with Crippen molar-refractivity contribution in [2.75, 3.05) is 20.8 Å². The Kier molecular flexibility index (Phi) is 5.26. The zero-order valence-electron chi connectivity index (χ0n) is 12.6. The summed E-state index contributed by atoms with van der Waals surface area (Å²) in [5.41, 5.74) is 0.812. The molecule has 0 heterocycles. The number of aliphatic hydroxyl groups is 1. The maximum Gasteiger partial charge on any atom is 0.122 e. The van der Waals surface area contributed by atoms with Gasteiger partial charge >= 0.3 is 0 Å². The van der Waals surface area contributed by atoms with Crippen LogP contribution >= 0.6 is 0 Å². The van der Waals surface area contributed by atoms with Crippen molar-refractivity contribution >= 4 is 0 Å². The molecule has 1 aromatic carbocycles. The lowest BCUT2D eigenvalue weighted by atomic mass is 10.1. The maximum atomic E-state index is 10.3. The van der Waals surface area contributed by atoms with Gasteiger partial charge in [-0.15, -0.1) is 0 Å². The average molecular weight is 279 g/mol. The summed E-state index contributed by atoms with van der Waals surface area (Å²) in [4.78, 5) is 0. The molecular formula is C16H25NO3. The van der Waals surface area contributed by atoms with Crippen molar-refractivity contribution in [1.82, 2.24) is 5.32 Å². The Bertz CT molecular complexity index is 409. The van der Waals surface area contributed by atoms with Crippen LogP contribution in [0.2, 0.25) is 0 Å². The Morgan fingerprint density at radius 1 is 1.20 bits per heavy atom. The van der Waals surface area contributed by atoms with E-state index in [0.717, 1.165) is 11.5 Å². The minimum atomic E-state index is -0.555. The van der Waals surface area contributed by atoms with E-state index >= 15 is 0 Å². The third-order valence-electron chi connectivity index (χ3n) is 3.80. The first kappa shape index (κ1) is 15.1. The van der Waals surface area contributed by atoms with Gasteiger partial charge in [0.05, 0.1) is 20.3 Å². The lowest BCUT2D eigenvalue weighted by Crippen LogP contribution is -2.30. The number of aliphatic hydroxyl groups excluding tert-OH is 1. The predicted molar refractivity (Wildman–Crippen MR) is 79.3 cm³/mol. The van der Waals surface area contributed by atoms with Gasteiger partial charge in [0.15, 0.2) is 0 Å². The van der Waals surface area contributed by atoms with Gasteiger partial charge in [0.2, 0.25) is 0 Å². The van der Waals surface area contributed by atoms with Crippen LogP contribution in [-0.4, -0.2) is 31.9 Å². The summed E-state index contributed by atoms with van der Waals surface area (Å²) in [6, 6.07) is 5.95. The van der Waals surface area contributed by atoms with Crippen LogP contribution in [0, 0.1) is 5.92 Å². The van der Waals surface area contributed by atoms with E-state index in [9.17, 15) is 5.11 Å². The van der Waals surface area contributed by atoms with Gasteiger partial charge in [0.1, 0.15) is 11.5 Å². The van der Waals surface area contributed by atoms with Gasteiger partial charge in [0.25, 0.3) is 0 Å². The molecular weight excluding hydrogens is 254 g/mol. The van der Waals surface area contributed by atoms with Crippen LogP contribution in [0.25, 0.3) is 0 Å². The van der Waals surface area contributed by atoms with Crippen molar-refractivity contribution in [1.29, 1.82) is 0 Å². The van der Waals surface area contributed by atoms with E-state index in [1.54, 1.807) is 20.3 Å². The van der Waals surface area contributed by atoms with E-state index in [-0.39, 0.29) is 0 Å². The molecule has 0 bridgehead atoms. The maximum absolute atomic E-state index is 10.3. The fourth-order valence-corrected chi connectivity index (χ4v) is 2.39. The normalized spacial score (nSPS) is 17.6. The highest BCUT2D eigenvalue weighted by Crippen LogP contribution is 2.33. The van der Waals surface area contributed by atoms with Gasteiger partial charge in [-0.3, -0.25) is 0 Å². The monoisotopic (exact) mass is 279 g/mol. The molecule has 0 saturated heterocycles. The summed E-state index contributed by atoms with van der Waals surface area (Å²) in [5.74, 6) is 2.29. The van der Waals surface area contributed by atoms with Crippen molar-refractivity contribution < 1.29 is 14.6 Å². The Morgan fingerprint density at radius 3 is 2.30 bits per heavy atom. The highest BCUT2D eigenvalue weighted by Gasteiger charge is 2.23. The zero-order valence-corrected chi connectivity index (χ0v) is 12.6. The smallest absolute Gasteiger partial charge is 0.122 e. The van der Waals surface area contributed by atoms with Crippen molar-refractivity contribution in [3.8, 4) is 11.5 Å². The van der Waals surface area contributed by atoms with Crippen LogP contribution in [0.4, 0.5) is 0 Å². The van der Waals surface area contributed by atoms with Crippen molar-refractivity contribution in [3.63, 3.8) is 0 Å². The molecule has 1 aliphatic rings. The molecule has 0 aliphatic heterocycles. The lowest BCUT2D eigenvalue weighted by Gasteiger charge is -2.18. The van der Waals surface area contributed by atoms with E-state index < -0.39 is 6.10 Å². The molecule has 112 valence electrons. The summed E-state index contributed by atoms with van der Waals surface area (Å²) in [7, 11) is 3.22. The molecule has 1 aromatic rings. The van der Waals surface area contributed by atoms with Crippen LogP contribution < -0.4 is 14.8 Å². The number of methoxy groups -OCH3 is 2. The van der Waals surface area contributed by atoms with E-state index in [4.69, 9.17) is 9.47 Å². The number of rotatable bonds is 8. The molecule has 4 nitrogen and oxygen atoms in total. The highest BCUT2D eigenvalue weighted by molar-refractivity contribution is 5.39. The molecule has 0 aromatic heterocycles. The minimum absolute atomic E-state index is 0.449. The van der Waals surface area contributed by atoms with Crippen molar-refractivity contribution in [2.24, 2.45) is 5.92 Å². The first-order valence-corrected chi connectivity index (χ1v) is 7.26. The zero-order chi connectivity index (χ0) is 14.5. The Balaban J connectivity index is 1.91. The van der Waals surface area contributed by atoms with Gasteiger partial charge in [-0.2, -0.15) is 0 Å². The molecule has 0 spiro atoms. The fourth-order valence-electron chi connectivity index (χ4n) is 2.39. The summed E-state index contributed by atoms with van der Waals surface area (Å²) in [6.07, 6.45) is 3.37. The molecule has 20 heavy (non-hydrogen) atoms. The van der Waals surface area contributed by atoms with Gasteiger partial charge in [-0.1, -0.05) is 12.8 Å². The van der Waals surface area contributed by atoms with Crippen LogP contribution in [0.1, 0.15) is 37.9 Å². The largest absolute Gasteiger partial charge is 0.497 e. The summed E-state index contributed by atoms with van der Waals surface area (Å²) in [5, 5.41) is 13.7. The molecule has 1 fully saturated rings. The molecule has 0 amide bonds.